The van der Waals surface area contributed by atoms with Gasteiger partial charge >= 0.3 is 6.03 Å². The molecule has 118 valence electrons. The van der Waals surface area contributed by atoms with Gasteiger partial charge in [-0.2, -0.15) is 0 Å². The zero-order valence-electron chi connectivity index (χ0n) is 12.3. The van der Waals surface area contributed by atoms with Crippen molar-refractivity contribution >= 4 is 29.0 Å². The lowest BCUT2D eigenvalue weighted by molar-refractivity contribution is 0.214. The van der Waals surface area contributed by atoms with Crippen molar-refractivity contribution in [1.29, 1.82) is 0 Å². The summed E-state index contributed by atoms with van der Waals surface area (Å²) in [6, 6.07) is 12.7. The largest absolute Gasteiger partial charge is 0.394 e. The molecule has 0 aliphatic carbocycles. The standard InChI is InChI=1S/C16H19ClN2O2S/c1-11(14-7-8-15(17)22-14)18-16(21)19-13(10-20)9-12-5-3-2-4-6-12/h2-8,11,13,20H,9-10H2,1H3,(H2,18,19,21)/t11-,13-/m0/s1. The van der Waals surface area contributed by atoms with Crippen molar-refractivity contribution in [3.63, 3.8) is 0 Å². The fraction of sp³-hybridized carbons (Fsp3) is 0.312. The summed E-state index contributed by atoms with van der Waals surface area (Å²) in [5.74, 6) is 0. The Morgan fingerprint density at radius 1 is 1.23 bits per heavy atom. The highest BCUT2D eigenvalue weighted by atomic mass is 35.5. The quantitative estimate of drug-likeness (QED) is 0.756. The predicted molar refractivity (Wildman–Crippen MR) is 90.4 cm³/mol. The number of carbonyl (C=O) groups is 1. The van der Waals surface area contributed by atoms with Gasteiger partial charge in [-0.05, 0) is 31.0 Å². The normalized spacial score (nSPS) is 13.4. The van der Waals surface area contributed by atoms with E-state index in [9.17, 15) is 9.90 Å². The Labute approximate surface area is 139 Å². The summed E-state index contributed by atoms with van der Waals surface area (Å²) >= 11 is 7.33. The zero-order chi connectivity index (χ0) is 15.9. The van der Waals surface area contributed by atoms with E-state index in [2.05, 4.69) is 10.6 Å². The number of aliphatic hydroxyl groups is 1. The number of thiophene rings is 1. The number of aliphatic hydroxyl groups excluding tert-OH is 1. The Kier molecular flexibility index (Phi) is 6.24. The summed E-state index contributed by atoms with van der Waals surface area (Å²) in [6.07, 6.45) is 0.587. The minimum absolute atomic E-state index is 0.110. The van der Waals surface area contributed by atoms with Gasteiger partial charge in [0.1, 0.15) is 0 Å². The molecule has 0 fully saturated rings. The second-order valence-corrected chi connectivity index (χ2v) is 6.80. The topological polar surface area (TPSA) is 61.4 Å². The molecule has 0 aliphatic rings. The molecule has 2 aromatic rings. The van der Waals surface area contributed by atoms with Gasteiger partial charge < -0.3 is 15.7 Å². The monoisotopic (exact) mass is 338 g/mol. The van der Waals surface area contributed by atoms with Crippen LogP contribution in [-0.2, 0) is 6.42 Å². The molecular formula is C16H19ClN2O2S. The van der Waals surface area contributed by atoms with E-state index in [-0.39, 0.29) is 24.7 Å². The van der Waals surface area contributed by atoms with Gasteiger partial charge in [-0.3, -0.25) is 0 Å². The van der Waals surface area contributed by atoms with Crippen molar-refractivity contribution < 1.29 is 9.90 Å². The summed E-state index contributed by atoms with van der Waals surface area (Å²) in [4.78, 5) is 13.0. The molecule has 1 aromatic carbocycles. The minimum Gasteiger partial charge on any atom is -0.394 e. The van der Waals surface area contributed by atoms with Gasteiger partial charge in [0.2, 0.25) is 0 Å². The van der Waals surface area contributed by atoms with Gasteiger partial charge in [0, 0.05) is 4.88 Å². The molecule has 2 amide bonds. The van der Waals surface area contributed by atoms with Crippen molar-refractivity contribution in [1.82, 2.24) is 10.6 Å². The molecule has 1 aromatic heterocycles. The number of amides is 2. The van der Waals surface area contributed by atoms with Crippen molar-refractivity contribution in [3.05, 3.63) is 57.2 Å². The molecule has 0 unspecified atom stereocenters. The third-order valence-corrected chi connectivity index (χ3v) is 4.66. The molecule has 2 atom stereocenters. The van der Waals surface area contributed by atoms with Gasteiger partial charge in [0.15, 0.2) is 0 Å². The van der Waals surface area contributed by atoms with E-state index in [0.717, 1.165) is 10.4 Å². The van der Waals surface area contributed by atoms with E-state index >= 15 is 0 Å². The van der Waals surface area contributed by atoms with Crippen LogP contribution in [0, 0.1) is 0 Å². The van der Waals surface area contributed by atoms with Crippen LogP contribution in [0.3, 0.4) is 0 Å². The van der Waals surface area contributed by atoms with Crippen LogP contribution >= 0.6 is 22.9 Å². The number of rotatable bonds is 6. The second kappa shape index (κ2) is 8.17. The molecule has 6 heteroatoms. The maximum Gasteiger partial charge on any atom is 0.315 e. The highest BCUT2D eigenvalue weighted by Crippen LogP contribution is 2.26. The van der Waals surface area contributed by atoms with Crippen molar-refractivity contribution in [2.45, 2.75) is 25.4 Å². The van der Waals surface area contributed by atoms with Crippen LogP contribution in [0.2, 0.25) is 4.34 Å². The second-order valence-electron chi connectivity index (χ2n) is 5.05. The first-order valence-electron chi connectivity index (χ1n) is 7.05. The minimum atomic E-state index is -0.318. The van der Waals surface area contributed by atoms with Crippen LogP contribution in [0.15, 0.2) is 42.5 Å². The lowest BCUT2D eigenvalue weighted by Gasteiger charge is -2.19. The highest BCUT2D eigenvalue weighted by molar-refractivity contribution is 7.16. The number of benzene rings is 1. The van der Waals surface area contributed by atoms with Gasteiger partial charge in [-0.1, -0.05) is 41.9 Å². The Morgan fingerprint density at radius 2 is 1.95 bits per heavy atom. The molecule has 4 nitrogen and oxygen atoms in total. The number of carbonyl (C=O) groups excluding carboxylic acids is 1. The lowest BCUT2D eigenvalue weighted by Crippen LogP contribution is -2.45. The third kappa shape index (κ3) is 5.02. The van der Waals surface area contributed by atoms with Gasteiger partial charge in [0.05, 0.1) is 23.0 Å². The average molecular weight is 339 g/mol. The third-order valence-electron chi connectivity index (χ3n) is 3.25. The van der Waals surface area contributed by atoms with Crippen molar-refractivity contribution in [2.24, 2.45) is 0 Å². The summed E-state index contributed by atoms with van der Waals surface area (Å²) in [6.45, 7) is 1.79. The molecule has 2 rings (SSSR count). The Bertz CT molecular complexity index is 603. The molecule has 0 bridgehead atoms. The van der Waals surface area contributed by atoms with Gasteiger partial charge in [-0.25, -0.2) is 4.79 Å². The number of urea groups is 1. The molecule has 22 heavy (non-hydrogen) atoms. The zero-order valence-corrected chi connectivity index (χ0v) is 13.8. The van der Waals surface area contributed by atoms with Crippen LogP contribution < -0.4 is 10.6 Å². The first-order chi connectivity index (χ1) is 10.6. The molecular weight excluding hydrogens is 320 g/mol. The first-order valence-corrected chi connectivity index (χ1v) is 8.25. The molecule has 0 saturated heterocycles. The van der Waals surface area contributed by atoms with Crippen LogP contribution in [-0.4, -0.2) is 23.8 Å². The number of hydrogen-bond donors (Lipinski definition) is 3. The van der Waals surface area contributed by atoms with E-state index in [1.54, 1.807) is 0 Å². The molecule has 3 N–H and O–H groups in total. The molecule has 1 heterocycles. The number of hydrogen-bond acceptors (Lipinski definition) is 3. The van der Waals surface area contributed by atoms with E-state index < -0.39 is 0 Å². The Morgan fingerprint density at radius 3 is 2.55 bits per heavy atom. The summed E-state index contributed by atoms with van der Waals surface area (Å²) in [7, 11) is 0. The summed E-state index contributed by atoms with van der Waals surface area (Å²) < 4.78 is 0.696. The molecule has 0 aliphatic heterocycles. The Balaban J connectivity index is 1.86. The smallest absolute Gasteiger partial charge is 0.315 e. The fourth-order valence-electron chi connectivity index (χ4n) is 2.12. The first kappa shape index (κ1) is 16.8. The summed E-state index contributed by atoms with van der Waals surface area (Å²) in [5.41, 5.74) is 1.07. The van der Waals surface area contributed by atoms with Crippen LogP contribution in [0.1, 0.15) is 23.4 Å². The fourth-order valence-corrected chi connectivity index (χ4v) is 3.18. The van der Waals surface area contributed by atoms with E-state index in [1.807, 2.05) is 49.4 Å². The SMILES string of the molecule is C[C@H](NC(=O)N[C@H](CO)Cc1ccccc1)c1ccc(Cl)s1. The Hall–Kier alpha value is -1.56. The van der Waals surface area contributed by atoms with Crippen LogP contribution in [0.4, 0.5) is 4.79 Å². The van der Waals surface area contributed by atoms with Gasteiger partial charge in [0.25, 0.3) is 0 Å². The van der Waals surface area contributed by atoms with E-state index in [4.69, 9.17) is 11.6 Å². The highest BCUT2D eigenvalue weighted by Gasteiger charge is 2.15. The molecule has 0 saturated carbocycles. The lowest BCUT2D eigenvalue weighted by atomic mass is 10.1. The molecule has 0 radical (unpaired) electrons. The molecule has 0 spiro atoms. The van der Waals surface area contributed by atoms with Gasteiger partial charge in [-0.15, -0.1) is 11.3 Å². The maximum absolute atomic E-state index is 12.0. The number of nitrogens with one attached hydrogen (secondary N) is 2. The number of halogens is 1. The summed E-state index contributed by atoms with van der Waals surface area (Å²) in [5, 5.41) is 15.1. The van der Waals surface area contributed by atoms with E-state index in [0.29, 0.717) is 10.8 Å². The van der Waals surface area contributed by atoms with Crippen LogP contribution in [0.5, 0.6) is 0 Å². The predicted octanol–water partition coefficient (Wildman–Crippen LogP) is 3.37. The van der Waals surface area contributed by atoms with E-state index in [1.165, 1.54) is 11.3 Å². The average Bonchev–Trinajstić information content (AvgIpc) is 2.94. The van der Waals surface area contributed by atoms with Crippen molar-refractivity contribution in [3.8, 4) is 0 Å². The van der Waals surface area contributed by atoms with Crippen molar-refractivity contribution in [2.75, 3.05) is 6.61 Å². The maximum atomic E-state index is 12.0. The van der Waals surface area contributed by atoms with Crippen LogP contribution in [0.25, 0.3) is 0 Å².